The van der Waals surface area contributed by atoms with E-state index in [4.69, 9.17) is 0 Å². The van der Waals surface area contributed by atoms with Gasteiger partial charge in [-0.3, -0.25) is 4.79 Å². The van der Waals surface area contributed by atoms with Crippen molar-refractivity contribution in [3.05, 3.63) is 35.5 Å². The number of hydrogen-bond donors (Lipinski definition) is 0. The van der Waals surface area contributed by atoms with Gasteiger partial charge in [-0.05, 0) is 25.5 Å². The van der Waals surface area contributed by atoms with Crippen LogP contribution in [0.15, 0.2) is 30.0 Å². The second-order valence-electron chi connectivity index (χ2n) is 3.81. The number of carbonyl (C=O) groups is 1. The summed E-state index contributed by atoms with van der Waals surface area (Å²) in [4.78, 5) is 16.9. The lowest BCUT2D eigenvalue weighted by molar-refractivity contribution is 0.112. The molecule has 0 saturated heterocycles. The molecule has 1 aliphatic rings. The van der Waals surface area contributed by atoms with E-state index in [1.165, 1.54) is 5.57 Å². The molecule has 3 heteroatoms. The van der Waals surface area contributed by atoms with Gasteiger partial charge in [0.25, 0.3) is 0 Å². The monoisotopic (exact) mass is 202 g/mol. The van der Waals surface area contributed by atoms with Gasteiger partial charge in [0.1, 0.15) is 5.82 Å². The van der Waals surface area contributed by atoms with Crippen molar-refractivity contribution in [3.63, 3.8) is 0 Å². The van der Waals surface area contributed by atoms with Crippen molar-refractivity contribution in [1.82, 2.24) is 4.98 Å². The van der Waals surface area contributed by atoms with Gasteiger partial charge in [-0.15, -0.1) is 0 Å². The number of anilines is 1. The Morgan fingerprint density at radius 3 is 2.87 bits per heavy atom. The van der Waals surface area contributed by atoms with E-state index in [1.807, 2.05) is 6.07 Å². The van der Waals surface area contributed by atoms with Crippen LogP contribution in [0.5, 0.6) is 0 Å². The maximum absolute atomic E-state index is 10.5. The quantitative estimate of drug-likeness (QED) is 0.543. The van der Waals surface area contributed by atoms with Crippen molar-refractivity contribution in [1.29, 1.82) is 0 Å². The summed E-state index contributed by atoms with van der Waals surface area (Å²) in [6, 6.07) is 3.71. The average molecular weight is 202 g/mol. The van der Waals surface area contributed by atoms with Crippen molar-refractivity contribution >= 4 is 12.1 Å². The molecule has 0 amide bonds. The Kier molecular flexibility index (Phi) is 2.81. The molecule has 0 bridgehead atoms. The second kappa shape index (κ2) is 4.26. The fourth-order valence-electron chi connectivity index (χ4n) is 1.63. The van der Waals surface area contributed by atoms with Gasteiger partial charge in [-0.25, -0.2) is 4.98 Å². The molecule has 1 aromatic heterocycles. The minimum Gasteiger partial charge on any atom is -0.353 e. The van der Waals surface area contributed by atoms with Crippen LogP contribution in [-0.2, 0) is 0 Å². The fourth-order valence-corrected chi connectivity index (χ4v) is 1.63. The molecule has 0 aromatic carbocycles. The summed E-state index contributed by atoms with van der Waals surface area (Å²) in [5.74, 6) is 0.948. The first-order valence-corrected chi connectivity index (χ1v) is 5.11. The Morgan fingerprint density at radius 1 is 1.47 bits per heavy atom. The Hall–Kier alpha value is -1.64. The molecule has 1 aliphatic heterocycles. The van der Waals surface area contributed by atoms with Crippen LogP contribution in [0.4, 0.5) is 5.82 Å². The molecule has 78 valence electrons. The van der Waals surface area contributed by atoms with Crippen molar-refractivity contribution in [2.75, 3.05) is 18.0 Å². The molecule has 0 atom stereocenters. The Balaban J connectivity index is 2.13. The third kappa shape index (κ3) is 2.24. The molecule has 2 heterocycles. The van der Waals surface area contributed by atoms with Gasteiger partial charge >= 0.3 is 0 Å². The number of carbonyl (C=O) groups excluding carboxylic acids is 1. The second-order valence-corrected chi connectivity index (χ2v) is 3.81. The van der Waals surface area contributed by atoms with Gasteiger partial charge in [-0.1, -0.05) is 11.6 Å². The minimum atomic E-state index is 0.627. The summed E-state index contributed by atoms with van der Waals surface area (Å²) in [5.41, 5.74) is 2.07. The molecule has 3 nitrogen and oxygen atoms in total. The van der Waals surface area contributed by atoms with Crippen LogP contribution in [-0.4, -0.2) is 24.4 Å². The van der Waals surface area contributed by atoms with Gasteiger partial charge in [0.2, 0.25) is 0 Å². The molecule has 1 aromatic rings. The van der Waals surface area contributed by atoms with Crippen LogP contribution >= 0.6 is 0 Å². The summed E-state index contributed by atoms with van der Waals surface area (Å²) >= 11 is 0. The molecular formula is C12H14N2O. The zero-order valence-electron chi connectivity index (χ0n) is 8.81. The van der Waals surface area contributed by atoms with E-state index in [0.29, 0.717) is 5.56 Å². The molecule has 0 spiro atoms. The standard InChI is InChI=1S/C12H14N2O/c1-10-4-6-14(7-5-10)12-3-2-11(9-15)8-13-12/h2-4,8-9H,5-7H2,1H3. The lowest BCUT2D eigenvalue weighted by Crippen LogP contribution is -2.28. The summed E-state index contributed by atoms with van der Waals surface area (Å²) in [7, 11) is 0. The third-order valence-electron chi connectivity index (χ3n) is 2.67. The van der Waals surface area contributed by atoms with Crippen molar-refractivity contribution < 1.29 is 4.79 Å². The number of hydrogen-bond acceptors (Lipinski definition) is 3. The Morgan fingerprint density at radius 2 is 2.33 bits per heavy atom. The number of nitrogens with zero attached hydrogens (tertiary/aromatic N) is 2. The molecule has 0 saturated carbocycles. The highest BCUT2D eigenvalue weighted by Gasteiger charge is 2.10. The van der Waals surface area contributed by atoms with Crippen LogP contribution < -0.4 is 4.90 Å². The molecule has 0 aliphatic carbocycles. The Labute approximate surface area is 89.4 Å². The molecule has 15 heavy (non-hydrogen) atoms. The largest absolute Gasteiger partial charge is 0.353 e. The number of rotatable bonds is 2. The summed E-state index contributed by atoms with van der Waals surface area (Å²) in [5, 5.41) is 0. The van der Waals surface area contributed by atoms with E-state index >= 15 is 0 Å². The zero-order valence-corrected chi connectivity index (χ0v) is 8.81. The van der Waals surface area contributed by atoms with Gasteiger partial charge in [0.05, 0.1) is 0 Å². The number of aromatic nitrogens is 1. The summed E-state index contributed by atoms with van der Waals surface area (Å²) in [6.07, 6.45) is 5.75. The first kappa shape index (κ1) is 9.90. The predicted molar refractivity (Wildman–Crippen MR) is 60.2 cm³/mol. The van der Waals surface area contributed by atoms with Crippen molar-refractivity contribution in [2.24, 2.45) is 0 Å². The van der Waals surface area contributed by atoms with Crippen LogP contribution in [0.3, 0.4) is 0 Å². The highest BCUT2D eigenvalue weighted by molar-refractivity contribution is 5.74. The Bertz CT molecular complexity index is 381. The molecule has 2 rings (SSSR count). The van der Waals surface area contributed by atoms with Crippen molar-refractivity contribution in [3.8, 4) is 0 Å². The molecule has 0 fully saturated rings. The summed E-state index contributed by atoms with van der Waals surface area (Å²) in [6.45, 7) is 4.08. The third-order valence-corrected chi connectivity index (χ3v) is 2.67. The minimum absolute atomic E-state index is 0.627. The van der Waals surface area contributed by atoms with Gasteiger partial charge in [0.15, 0.2) is 6.29 Å². The van der Waals surface area contributed by atoms with E-state index in [9.17, 15) is 4.79 Å². The lowest BCUT2D eigenvalue weighted by atomic mass is 10.1. The smallest absolute Gasteiger partial charge is 0.151 e. The van der Waals surface area contributed by atoms with Gasteiger partial charge in [0, 0.05) is 24.8 Å². The average Bonchev–Trinajstić information content (AvgIpc) is 2.30. The normalized spacial score (nSPS) is 16.1. The highest BCUT2D eigenvalue weighted by atomic mass is 16.1. The highest BCUT2D eigenvalue weighted by Crippen LogP contribution is 2.16. The van der Waals surface area contributed by atoms with E-state index in [2.05, 4.69) is 22.9 Å². The lowest BCUT2D eigenvalue weighted by Gasteiger charge is -2.26. The molecular weight excluding hydrogens is 188 g/mol. The van der Waals surface area contributed by atoms with Crippen LogP contribution in [0.1, 0.15) is 23.7 Å². The summed E-state index contributed by atoms with van der Waals surface area (Å²) < 4.78 is 0. The SMILES string of the molecule is CC1=CCN(c2ccc(C=O)cn2)CC1. The maximum atomic E-state index is 10.5. The van der Waals surface area contributed by atoms with Gasteiger partial charge in [-0.2, -0.15) is 0 Å². The zero-order chi connectivity index (χ0) is 10.7. The van der Waals surface area contributed by atoms with Crippen LogP contribution in [0.2, 0.25) is 0 Å². The van der Waals surface area contributed by atoms with Crippen molar-refractivity contribution in [2.45, 2.75) is 13.3 Å². The first-order chi connectivity index (χ1) is 7.29. The molecule has 0 radical (unpaired) electrons. The first-order valence-electron chi connectivity index (χ1n) is 5.11. The van der Waals surface area contributed by atoms with E-state index in [0.717, 1.165) is 31.6 Å². The van der Waals surface area contributed by atoms with Crippen LogP contribution in [0.25, 0.3) is 0 Å². The molecule has 0 unspecified atom stereocenters. The van der Waals surface area contributed by atoms with E-state index in [1.54, 1.807) is 12.3 Å². The number of pyridine rings is 1. The number of aldehydes is 1. The van der Waals surface area contributed by atoms with Crippen LogP contribution in [0, 0.1) is 0 Å². The predicted octanol–water partition coefficient (Wildman–Crippen LogP) is 2.05. The fraction of sp³-hybridized carbons (Fsp3) is 0.333. The maximum Gasteiger partial charge on any atom is 0.151 e. The van der Waals surface area contributed by atoms with E-state index in [-0.39, 0.29) is 0 Å². The van der Waals surface area contributed by atoms with E-state index < -0.39 is 0 Å². The van der Waals surface area contributed by atoms with Gasteiger partial charge < -0.3 is 4.90 Å². The topological polar surface area (TPSA) is 33.2 Å². The molecule has 0 N–H and O–H groups in total.